The van der Waals surface area contributed by atoms with Crippen molar-refractivity contribution in [1.29, 1.82) is 0 Å². The summed E-state index contributed by atoms with van der Waals surface area (Å²) in [5.41, 5.74) is 5.70. The Balaban J connectivity index is 3.06. The second-order valence-corrected chi connectivity index (χ2v) is 5.66. The van der Waals surface area contributed by atoms with Crippen LogP contribution >= 0.6 is 11.6 Å². The Morgan fingerprint density at radius 1 is 1.50 bits per heavy atom. The van der Waals surface area contributed by atoms with E-state index in [1.165, 1.54) is 18.2 Å². The Labute approximate surface area is 110 Å². The second-order valence-electron chi connectivity index (χ2n) is 3.69. The van der Waals surface area contributed by atoms with Gasteiger partial charge in [-0.2, -0.15) is 0 Å². The monoisotopic (exact) mass is 291 g/mol. The number of carbonyl (C=O) groups is 1. The third kappa shape index (κ3) is 3.67. The van der Waals surface area contributed by atoms with Crippen molar-refractivity contribution in [3.8, 4) is 0 Å². The molecule has 8 heteroatoms. The number of rotatable bonds is 4. The molecule has 0 aliphatic heterocycles. The molecule has 1 aromatic rings. The second kappa shape index (κ2) is 5.66. The number of benzene rings is 1. The van der Waals surface area contributed by atoms with Crippen molar-refractivity contribution in [3.63, 3.8) is 0 Å². The van der Waals surface area contributed by atoms with Gasteiger partial charge in [0.2, 0.25) is 15.9 Å². The summed E-state index contributed by atoms with van der Waals surface area (Å²) in [6, 6.07) is 3.11. The van der Waals surface area contributed by atoms with Gasteiger partial charge in [-0.1, -0.05) is 18.5 Å². The van der Waals surface area contributed by atoms with Crippen LogP contribution in [0.25, 0.3) is 0 Å². The van der Waals surface area contributed by atoms with E-state index in [2.05, 4.69) is 5.32 Å². The van der Waals surface area contributed by atoms with Crippen molar-refractivity contribution in [1.82, 2.24) is 0 Å². The number of carbonyl (C=O) groups excluding carboxylic acids is 1. The fraction of sp³-hybridized carbons (Fsp3) is 0.300. The Hall–Kier alpha value is -1.15. The highest BCUT2D eigenvalue weighted by atomic mass is 35.5. The van der Waals surface area contributed by atoms with Gasteiger partial charge in [-0.05, 0) is 24.6 Å². The molecule has 0 heterocycles. The first-order valence-corrected chi connectivity index (χ1v) is 7.07. The zero-order valence-electron chi connectivity index (χ0n) is 9.68. The minimum Gasteiger partial charge on any atom is -0.323 e. The molecule has 0 saturated heterocycles. The van der Waals surface area contributed by atoms with Crippen LogP contribution in [0, 0.1) is 0 Å². The molecule has 0 aliphatic rings. The number of sulfonamides is 1. The van der Waals surface area contributed by atoms with Gasteiger partial charge in [-0.15, -0.1) is 0 Å². The van der Waals surface area contributed by atoms with Crippen LogP contribution in [0.3, 0.4) is 0 Å². The number of nitrogens with two attached hydrogens (primary N) is 2. The van der Waals surface area contributed by atoms with Gasteiger partial charge in [0, 0.05) is 0 Å². The van der Waals surface area contributed by atoms with Gasteiger partial charge in [0.25, 0.3) is 0 Å². The average Bonchev–Trinajstić information content (AvgIpc) is 2.29. The lowest BCUT2D eigenvalue weighted by atomic mass is 10.2. The minimum absolute atomic E-state index is 0.132. The molecule has 0 fully saturated rings. The quantitative estimate of drug-likeness (QED) is 0.756. The van der Waals surface area contributed by atoms with Crippen molar-refractivity contribution < 1.29 is 13.2 Å². The Bertz CT molecular complexity index is 559. The zero-order chi connectivity index (χ0) is 13.9. The predicted molar refractivity (Wildman–Crippen MR) is 69.7 cm³/mol. The normalized spacial score (nSPS) is 13.1. The topological polar surface area (TPSA) is 115 Å². The lowest BCUT2D eigenvalue weighted by Gasteiger charge is -2.12. The molecule has 0 aliphatic carbocycles. The fourth-order valence-corrected chi connectivity index (χ4v) is 1.89. The minimum atomic E-state index is -3.84. The smallest absolute Gasteiger partial charge is 0.241 e. The van der Waals surface area contributed by atoms with E-state index >= 15 is 0 Å². The summed E-state index contributed by atoms with van der Waals surface area (Å²) in [4.78, 5) is 11.4. The van der Waals surface area contributed by atoms with Crippen molar-refractivity contribution in [2.45, 2.75) is 24.3 Å². The van der Waals surface area contributed by atoms with E-state index in [-0.39, 0.29) is 15.6 Å². The van der Waals surface area contributed by atoms with Gasteiger partial charge >= 0.3 is 0 Å². The average molecular weight is 292 g/mol. The highest BCUT2D eigenvalue weighted by molar-refractivity contribution is 7.89. The van der Waals surface area contributed by atoms with Crippen molar-refractivity contribution in [2.24, 2.45) is 10.9 Å². The molecule has 0 bridgehead atoms. The van der Waals surface area contributed by atoms with E-state index in [9.17, 15) is 13.2 Å². The molecule has 100 valence electrons. The summed E-state index contributed by atoms with van der Waals surface area (Å²) in [6.45, 7) is 1.76. The molecule has 0 aromatic heterocycles. The molecule has 0 radical (unpaired) electrons. The molecular formula is C10H14ClN3O3S. The number of anilines is 1. The molecule has 1 aromatic carbocycles. The van der Waals surface area contributed by atoms with E-state index in [1.807, 2.05) is 0 Å². The van der Waals surface area contributed by atoms with Gasteiger partial charge < -0.3 is 11.1 Å². The molecule has 5 N–H and O–H groups in total. The summed E-state index contributed by atoms with van der Waals surface area (Å²) in [5.74, 6) is -0.439. The van der Waals surface area contributed by atoms with Crippen LogP contribution in [0.4, 0.5) is 5.69 Å². The maximum Gasteiger partial charge on any atom is 0.241 e. The van der Waals surface area contributed by atoms with Crippen LogP contribution in [0.2, 0.25) is 5.02 Å². The highest BCUT2D eigenvalue weighted by Gasteiger charge is 2.15. The summed E-state index contributed by atoms with van der Waals surface area (Å²) in [7, 11) is -3.84. The van der Waals surface area contributed by atoms with Gasteiger partial charge in [-0.3, -0.25) is 4.79 Å². The zero-order valence-corrected chi connectivity index (χ0v) is 11.3. The summed E-state index contributed by atoms with van der Waals surface area (Å²) >= 11 is 5.85. The van der Waals surface area contributed by atoms with Crippen LogP contribution < -0.4 is 16.2 Å². The lowest BCUT2D eigenvalue weighted by Crippen LogP contribution is -2.34. The first-order chi connectivity index (χ1) is 8.25. The van der Waals surface area contributed by atoms with Crippen molar-refractivity contribution in [3.05, 3.63) is 23.2 Å². The summed E-state index contributed by atoms with van der Waals surface area (Å²) < 4.78 is 22.3. The van der Waals surface area contributed by atoms with Crippen LogP contribution in [0.5, 0.6) is 0 Å². The first kappa shape index (κ1) is 14.9. The van der Waals surface area contributed by atoms with E-state index in [4.69, 9.17) is 22.5 Å². The molecule has 0 unspecified atom stereocenters. The van der Waals surface area contributed by atoms with E-state index < -0.39 is 22.0 Å². The van der Waals surface area contributed by atoms with Gasteiger partial charge in [0.1, 0.15) is 0 Å². The number of hydrogen-bond donors (Lipinski definition) is 3. The number of hydrogen-bond acceptors (Lipinski definition) is 4. The van der Waals surface area contributed by atoms with Crippen LogP contribution in [0.1, 0.15) is 13.3 Å². The third-order valence-electron chi connectivity index (χ3n) is 2.30. The Morgan fingerprint density at radius 2 is 2.11 bits per heavy atom. The first-order valence-electron chi connectivity index (χ1n) is 5.14. The van der Waals surface area contributed by atoms with Gasteiger partial charge in [0.15, 0.2) is 0 Å². The molecule has 0 saturated carbocycles. The van der Waals surface area contributed by atoms with Crippen LogP contribution in [-0.2, 0) is 14.8 Å². The molecular weight excluding hydrogens is 278 g/mol. The van der Waals surface area contributed by atoms with E-state index in [0.29, 0.717) is 6.42 Å². The van der Waals surface area contributed by atoms with Crippen LogP contribution in [-0.4, -0.2) is 20.4 Å². The maximum atomic E-state index is 11.6. The van der Waals surface area contributed by atoms with Gasteiger partial charge in [0.05, 0.1) is 21.6 Å². The van der Waals surface area contributed by atoms with Crippen molar-refractivity contribution >= 4 is 33.2 Å². The molecule has 1 rings (SSSR count). The van der Waals surface area contributed by atoms with E-state index in [1.54, 1.807) is 6.92 Å². The highest BCUT2D eigenvalue weighted by Crippen LogP contribution is 2.24. The standard InChI is InChI=1S/C10H14ClN3O3S/c1-2-8(12)10(15)14-9-5-6(18(13,16)17)3-4-7(9)11/h3-5,8H,2,12H2,1H3,(H,14,15)(H2,13,16,17)/t8-/m1/s1. The molecule has 6 nitrogen and oxygen atoms in total. The SMILES string of the molecule is CC[C@@H](N)C(=O)Nc1cc(S(N)(=O)=O)ccc1Cl. The fourth-order valence-electron chi connectivity index (χ4n) is 1.19. The maximum absolute atomic E-state index is 11.6. The third-order valence-corrected chi connectivity index (χ3v) is 3.54. The molecule has 18 heavy (non-hydrogen) atoms. The number of amides is 1. The van der Waals surface area contributed by atoms with E-state index in [0.717, 1.165) is 0 Å². The number of primary sulfonamides is 1. The Kier molecular flexibility index (Phi) is 4.69. The molecule has 1 amide bonds. The summed E-state index contributed by atoms with van der Waals surface area (Å²) in [5, 5.41) is 7.65. The van der Waals surface area contributed by atoms with Crippen LogP contribution in [0.15, 0.2) is 23.1 Å². The van der Waals surface area contributed by atoms with Gasteiger partial charge in [-0.25, -0.2) is 13.6 Å². The largest absolute Gasteiger partial charge is 0.323 e. The summed E-state index contributed by atoms with van der Waals surface area (Å²) in [6.07, 6.45) is 0.457. The molecule has 0 spiro atoms. The van der Waals surface area contributed by atoms with Crippen molar-refractivity contribution in [2.75, 3.05) is 5.32 Å². The Morgan fingerprint density at radius 3 is 2.61 bits per heavy atom. The number of nitrogens with one attached hydrogen (secondary N) is 1. The number of halogens is 1. The lowest BCUT2D eigenvalue weighted by molar-refractivity contribution is -0.117. The molecule has 1 atom stereocenters. The predicted octanol–water partition coefficient (Wildman–Crippen LogP) is 0.663.